The van der Waals surface area contributed by atoms with E-state index in [1.807, 2.05) is 54.6 Å². The maximum Gasteiger partial charge on any atom is 0.0431 e. The van der Waals surface area contributed by atoms with Crippen molar-refractivity contribution in [3.8, 4) is 0 Å². The van der Waals surface area contributed by atoms with Crippen LogP contribution in [-0.2, 0) is 17.1 Å². The summed E-state index contributed by atoms with van der Waals surface area (Å²) in [7, 11) is 0. The van der Waals surface area contributed by atoms with E-state index in [2.05, 4.69) is 6.92 Å². The molecule has 0 aliphatic heterocycles. The van der Waals surface area contributed by atoms with Crippen molar-refractivity contribution < 1.29 is 27.3 Å². The second-order valence-corrected chi connectivity index (χ2v) is 5.24. The van der Waals surface area contributed by atoms with Gasteiger partial charge >= 0.3 is 0 Å². The van der Waals surface area contributed by atoms with Crippen LogP contribution < -0.4 is 0 Å². The maximum absolute atomic E-state index is 9.83. The van der Waals surface area contributed by atoms with E-state index >= 15 is 0 Å². The molecule has 0 amide bonds. The molecule has 124 valence electrons. The fourth-order valence-corrected chi connectivity index (χ4v) is 2.12. The van der Waals surface area contributed by atoms with Crippen molar-refractivity contribution >= 4 is 0 Å². The first-order valence-electron chi connectivity index (χ1n) is 7.41. The molecule has 0 heterocycles. The van der Waals surface area contributed by atoms with Gasteiger partial charge in [0.05, 0.1) is 0 Å². The molecule has 0 saturated carbocycles. The van der Waals surface area contributed by atoms with Crippen molar-refractivity contribution in [2.75, 3.05) is 6.61 Å². The van der Waals surface area contributed by atoms with Gasteiger partial charge in [-0.3, -0.25) is 0 Å². The Morgan fingerprint density at radius 3 is 1.95 bits per heavy atom. The smallest absolute Gasteiger partial charge is 0.0431 e. The number of rotatable bonds is 7. The molecule has 0 saturated heterocycles. The molecule has 21 heavy (non-hydrogen) atoms. The van der Waals surface area contributed by atoms with Gasteiger partial charge in [0.15, 0.2) is 0 Å². The quantitative estimate of drug-likeness (QED) is 0.594. The summed E-state index contributed by atoms with van der Waals surface area (Å²) in [4.78, 5) is 0. The molecule has 2 unspecified atom stereocenters. The minimum Gasteiger partial charge on any atom is -0.748 e. The number of aliphatic hydroxyl groups excluding tert-OH is 2. The Balaban J connectivity index is 0.000000562. The zero-order chi connectivity index (χ0) is 14.6. The molecule has 0 aromatic heterocycles. The van der Waals surface area contributed by atoms with Crippen LogP contribution in [0, 0.1) is 5.92 Å². The Labute approximate surface area is 139 Å². The Bertz CT molecular complexity index is 378. The van der Waals surface area contributed by atoms with Gasteiger partial charge in [-0.05, 0) is 31.6 Å². The molecule has 2 nitrogen and oxygen atoms in total. The van der Waals surface area contributed by atoms with Crippen molar-refractivity contribution in [3.63, 3.8) is 0 Å². The predicted octanol–water partition coefficient (Wildman–Crippen LogP) is 4.03. The second-order valence-electron chi connectivity index (χ2n) is 5.24. The van der Waals surface area contributed by atoms with Gasteiger partial charge in [-0.2, -0.15) is 12.1 Å². The fraction of sp³-hybridized carbons (Fsp3) is 0.444. The molecular formula is C18H26FeO2-6. The molecule has 3 heteroatoms. The van der Waals surface area contributed by atoms with Gasteiger partial charge in [0, 0.05) is 29.8 Å². The summed E-state index contributed by atoms with van der Waals surface area (Å²) in [5, 5.41) is 18.5. The fourth-order valence-electron chi connectivity index (χ4n) is 2.12. The molecule has 2 aromatic carbocycles. The van der Waals surface area contributed by atoms with E-state index in [-0.39, 0.29) is 29.8 Å². The van der Waals surface area contributed by atoms with Crippen LogP contribution >= 0.6 is 0 Å². The standard InChI is InChI=1S/C13H21O2.C5H5.Fe/c1-11(5-4-10-14)8-9-13(15)12-6-2-3-7-12;1-2-4-5-3-1;/h2-3,6-7,11,13-15H,4-5,8-10H2,1H3;1-5H;/q-1;-5;. The van der Waals surface area contributed by atoms with Crippen molar-refractivity contribution in [1.29, 1.82) is 0 Å². The van der Waals surface area contributed by atoms with Crippen LogP contribution in [0.1, 0.15) is 44.3 Å². The minimum atomic E-state index is -0.323. The molecule has 0 fully saturated rings. The molecule has 0 radical (unpaired) electrons. The summed E-state index contributed by atoms with van der Waals surface area (Å²) in [6.45, 7) is 2.45. The Kier molecular flexibility index (Phi) is 12.3. The topological polar surface area (TPSA) is 40.5 Å². The van der Waals surface area contributed by atoms with E-state index in [0.717, 1.165) is 31.2 Å². The molecule has 2 N–H and O–H groups in total. The van der Waals surface area contributed by atoms with Crippen LogP contribution in [-0.4, -0.2) is 16.8 Å². The van der Waals surface area contributed by atoms with Crippen molar-refractivity contribution in [3.05, 3.63) is 60.2 Å². The first kappa shape index (κ1) is 20.1. The second kappa shape index (κ2) is 12.8. The molecule has 2 aromatic rings. The van der Waals surface area contributed by atoms with Crippen LogP contribution in [0.5, 0.6) is 0 Å². The number of aliphatic hydroxyl groups is 2. The van der Waals surface area contributed by atoms with Crippen LogP contribution in [0.2, 0.25) is 0 Å². The Hall–Kier alpha value is -0.861. The van der Waals surface area contributed by atoms with Gasteiger partial charge in [-0.25, -0.2) is 12.1 Å². The van der Waals surface area contributed by atoms with E-state index in [1.54, 1.807) is 0 Å². The molecular weight excluding hydrogens is 304 g/mol. The first-order valence-corrected chi connectivity index (χ1v) is 7.41. The van der Waals surface area contributed by atoms with E-state index < -0.39 is 0 Å². The summed E-state index contributed by atoms with van der Waals surface area (Å²) < 4.78 is 0. The predicted molar refractivity (Wildman–Crippen MR) is 83.7 cm³/mol. The van der Waals surface area contributed by atoms with Gasteiger partial charge in [-0.15, -0.1) is 5.56 Å². The average Bonchev–Trinajstić information content (AvgIpc) is 3.17. The molecule has 2 atom stereocenters. The summed E-state index contributed by atoms with van der Waals surface area (Å²) in [5.41, 5.74) is 1.02. The summed E-state index contributed by atoms with van der Waals surface area (Å²) in [6.07, 6.45) is 3.43. The molecule has 0 aliphatic rings. The van der Waals surface area contributed by atoms with Crippen LogP contribution in [0.15, 0.2) is 54.6 Å². The average molecular weight is 330 g/mol. The summed E-state index contributed by atoms with van der Waals surface area (Å²) in [6, 6.07) is 17.8. The van der Waals surface area contributed by atoms with E-state index in [9.17, 15) is 5.11 Å². The third-order valence-electron chi connectivity index (χ3n) is 3.42. The molecule has 0 bridgehead atoms. The van der Waals surface area contributed by atoms with Gasteiger partial charge in [0.1, 0.15) is 0 Å². The number of hydrogen-bond donors (Lipinski definition) is 2. The van der Waals surface area contributed by atoms with Gasteiger partial charge in [-0.1, -0.05) is 6.92 Å². The molecule has 0 aliphatic carbocycles. The van der Waals surface area contributed by atoms with Crippen LogP contribution in [0.4, 0.5) is 0 Å². The third-order valence-corrected chi connectivity index (χ3v) is 3.42. The van der Waals surface area contributed by atoms with E-state index in [0.29, 0.717) is 5.92 Å². The van der Waals surface area contributed by atoms with Gasteiger partial charge < -0.3 is 40.5 Å². The Morgan fingerprint density at radius 2 is 1.48 bits per heavy atom. The van der Waals surface area contributed by atoms with Crippen molar-refractivity contribution in [1.82, 2.24) is 0 Å². The van der Waals surface area contributed by atoms with Crippen LogP contribution in [0.25, 0.3) is 0 Å². The largest absolute Gasteiger partial charge is 0.748 e. The zero-order valence-corrected chi connectivity index (χ0v) is 13.7. The summed E-state index contributed by atoms with van der Waals surface area (Å²) in [5.74, 6) is 0.585. The monoisotopic (exact) mass is 330 g/mol. The first-order chi connectivity index (χ1) is 9.74. The van der Waals surface area contributed by atoms with Crippen molar-refractivity contribution in [2.45, 2.75) is 38.7 Å². The normalized spacial score (nSPS) is 12.7. The molecule has 2 rings (SSSR count). The zero-order valence-electron chi connectivity index (χ0n) is 12.6. The Morgan fingerprint density at radius 1 is 0.952 bits per heavy atom. The SMILES string of the molecule is CC(CCCO)CCC(O)[c-]1cccc1.[Fe].[cH-]1[cH-][cH-][cH-][cH-]1. The molecule has 0 spiro atoms. The summed E-state index contributed by atoms with van der Waals surface area (Å²) >= 11 is 0. The third kappa shape index (κ3) is 9.65. The minimum absolute atomic E-state index is 0. The number of hydrogen-bond acceptors (Lipinski definition) is 2. The van der Waals surface area contributed by atoms with E-state index in [4.69, 9.17) is 5.11 Å². The maximum atomic E-state index is 9.83. The van der Waals surface area contributed by atoms with Gasteiger partial charge in [0.2, 0.25) is 0 Å². The van der Waals surface area contributed by atoms with Crippen molar-refractivity contribution in [2.24, 2.45) is 5.92 Å². The van der Waals surface area contributed by atoms with E-state index in [1.165, 1.54) is 0 Å². The van der Waals surface area contributed by atoms with Crippen LogP contribution in [0.3, 0.4) is 0 Å². The van der Waals surface area contributed by atoms with Gasteiger partial charge in [0.25, 0.3) is 0 Å².